The number of aliphatic carboxylic acids is 1. The molecule has 0 aliphatic rings. The lowest BCUT2D eigenvalue weighted by Crippen LogP contribution is -2.62. The highest BCUT2D eigenvalue weighted by Gasteiger charge is 2.39. The fourth-order valence-electron chi connectivity index (χ4n) is 13.1. The van der Waals surface area contributed by atoms with Crippen molar-refractivity contribution in [2.24, 2.45) is 62.0 Å². The maximum Gasteiger partial charge on any atom is 0.326 e. The summed E-state index contributed by atoms with van der Waals surface area (Å²) in [5.41, 5.74) is 42.1. The van der Waals surface area contributed by atoms with Crippen LogP contribution in [0, 0.1) is 11.8 Å². The Bertz CT molecular complexity index is 4220. The van der Waals surface area contributed by atoms with Crippen molar-refractivity contribution in [2.45, 2.75) is 215 Å². The topological polar surface area (TPSA) is 694 Å². The number of carboxylic acid groups (broad SMARTS) is 1. The number of aromatic nitrogens is 2. The Labute approximate surface area is 746 Å². The number of fused-ring (bicyclic) bond motifs is 2. The first-order valence-corrected chi connectivity index (χ1v) is 45.6. The molecule has 2 aromatic heterocycles. The van der Waals surface area contributed by atoms with E-state index in [0.29, 0.717) is 78.1 Å². The normalized spacial score (nSPS) is 14.7. The Morgan fingerprint density at radius 2 is 0.672 bits per heavy atom. The standard InChI is InChI=1S/C80H130N24O17S4/c1-43(2)33-57(97-65(107)49(83)19-11-13-27-81)70(112)93-52(23-15-29-88-79(84)85)66(108)94-55(26-32-125-6)69(111)99-60(36-46-38-91-51-21-10-8-18-48(46)51)73(115)101-62(40-106)75(117)103-64(42-123)77(119)104-63(41-122)76(118)102-61(39-105)74(116)100-59(35-45-37-90-50-20-9-7-17-47(45)50)72(114)95-54(25-31-124-5)68(110)92-53(24-16-30-89-80(86)87)67(109)98-58(34-44(3)4)71(113)96-56(78(120)121)22-12-14-28-82/h7-10,17-18,20-21,37-38,43-44,49,52-64,90-91,105-106,122-123H,11-16,19,22-36,39-42,81-83H2,1-6H3,(H,92,110)(H,93,112)(H,94,108)(H,95,114)(H,96,113)(H,97,107)(H,98,109)(H,99,111)(H,100,116)(H,101,115)(H,102,118)(H,103,117)(H,104,119)(H,120,121)(H4,84,85,88)(H4,86,87,89)/t49-,52-,53-,54-,55-,56-,57-,58-,59-,60-,61-,62-,63-,64-/m0/s1. The van der Waals surface area contributed by atoms with Crippen molar-refractivity contribution in [3.63, 3.8) is 0 Å². The number of aromatic amines is 2. The second kappa shape index (κ2) is 57.5. The summed E-state index contributed by atoms with van der Waals surface area (Å²) in [6.45, 7) is 5.80. The molecule has 0 fully saturated rings. The minimum absolute atomic E-state index is 0.00921. The third-order valence-electron chi connectivity index (χ3n) is 19.9. The van der Waals surface area contributed by atoms with E-state index in [1.165, 1.54) is 23.5 Å². The first-order chi connectivity index (χ1) is 59.6. The Morgan fingerprint density at radius 3 is 1.02 bits per heavy atom. The number of para-hydroxylation sites is 2. The maximum atomic E-state index is 14.9. The van der Waals surface area contributed by atoms with Gasteiger partial charge in [-0.1, -0.05) is 70.5 Å². The number of aliphatic hydroxyl groups is 2. The van der Waals surface area contributed by atoms with Crippen LogP contribution >= 0.6 is 48.8 Å². The van der Waals surface area contributed by atoms with Gasteiger partial charge in [-0.3, -0.25) is 72.3 Å². The van der Waals surface area contributed by atoms with Crippen molar-refractivity contribution < 1.29 is 82.4 Å². The van der Waals surface area contributed by atoms with Crippen molar-refractivity contribution in [2.75, 3.05) is 74.9 Å². The van der Waals surface area contributed by atoms with Gasteiger partial charge in [0.1, 0.15) is 78.5 Å². The number of carbonyl (C=O) groups is 14. The minimum atomic E-state index is -1.86. The number of aliphatic imine (C=N–C) groups is 2. The van der Waals surface area contributed by atoms with E-state index in [0.717, 1.165) is 0 Å². The molecule has 0 aliphatic carbocycles. The van der Waals surface area contributed by atoms with E-state index >= 15 is 0 Å². The fraction of sp³-hybridized carbons (Fsp3) is 0.600. The number of aliphatic hydroxyl groups excluding tert-OH is 2. The molecule has 2 heterocycles. The second-order valence-corrected chi connectivity index (χ2v) is 33.6. The lowest BCUT2D eigenvalue weighted by Gasteiger charge is -2.28. The molecular weight excluding hydrogens is 1700 g/mol. The van der Waals surface area contributed by atoms with Gasteiger partial charge in [-0.05, 0) is 156 Å². The van der Waals surface area contributed by atoms with Crippen molar-refractivity contribution >= 4 is 165 Å². The number of amides is 13. The number of thiol groups is 2. The Morgan fingerprint density at radius 1 is 0.384 bits per heavy atom. The van der Waals surface area contributed by atoms with Gasteiger partial charge in [-0.25, -0.2) is 4.79 Å². The van der Waals surface area contributed by atoms with Crippen LogP contribution in [0.2, 0.25) is 0 Å². The molecule has 4 rings (SSSR count). The smallest absolute Gasteiger partial charge is 0.326 e. The summed E-state index contributed by atoms with van der Waals surface area (Å²) in [7, 11) is 0. The molecule has 0 aliphatic heterocycles. The van der Waals surface area contributed by atoms with Crippen molar-refractivity contribution in [1.29, 1.82) is 0 Å². The van der Waals surface area contributed by atoms with Crippen LogP contribution in [0.15, 0.2) is 70.9 Å². The van der Waals surface area contributed by atoms with Crippen LogP contribution in [0.4, 0.5) is 0 Å². The zero-order chi connectivity index (χ0) is 92.8. The number of nitrogens with two attached hydrogens (primary N) is 7. The molecule has 0 radical (unpaired) electrons. The van der Waals surface area contributed by atoms with E-state index in [9.17, 15) is 82.4 Å². The van der Waals surface area contributed by atoms with Gasteiger partial charge in [0, 0.05) is 71.6 Å². The number of guanidine groups is 2. The van der Waals surface area contributed by atoms with Crippen molar-refractivity contribution in [1.82, 2.24) is 79.1 Å². The fourth-order valence-corrected chi connectivity index (χ4v) is 14.6. The van der Waals surface area contributed by atoms with E-state index in [1.54, 1.807) is 87.3 Å². The van der Waals surface area contributed by atoms with Crippen LogP contribution in [0.25, 0.3) is 21.8 Å². The number of carboxylic acids is 1. The number of unbranched alkanes of at least 4 members (excludes halogenated alkanes) is 2. The summed E-state index contributed by atoms with van der Waals surface area (Å²) in [5.74, 6) is -14.4. The largest absolute Gasteiger partial charge is 0.480 e. The lowest BCUT2D eigenvalue weighted by molar-refractivity contribution is -0.142. The van der Waals surface area contributed by atoms with E-state index in [4.69, 9.17) is 40.1 Å². The number of benzene rings is 2. The van der Waals surface area contributed by atoms with Crippen molar-refractivity contribution in [3.05, 3.63) is 72.1 Å². The molecule has 4 aromatic rings. The third kappa shape index (κ3) is 37.9. The number of thioether (sulfide) groups is 2. The maximum absolute atomic E-state index is 14.9. The predicted octanol–water partition coefficient (Wildman–Crippen LogP) is -4.04. The molecule has 0 spiro atoms. The van der Waals surface area contributed by atoms with Gasteiger partial charge in [0.25, 0.3) is 0 Å². The van der Waals surface area contributed by atoms with Gasteiger partial charge in [0.2, 0.25) is 76.8 Å². The number of hydrogen-bond acceptors (Lipinski definition) is 25. The molecular formula is C80H130N24O17S4. The Hall–Kier alpha value is -10.2. The number of carbonyl (C=O) groups excluding carboxylic acids is 13. The second-order valence-electron chi connectivity index (χ2n) is 30.9. The highest BCUT2D eigenvalue weighted by atomic mass is 32.2. The van der Waals surface area contributed by atoms with Gasteiger partial charge in [-0.2, -0.15) is 48.8 Å². The monoisotopic (exact) mass is 1830 g/mol. The highest BCUT2D eigenvalue weighted by Crippen LogP contribution is 2.23. The molecule has 0 saturated carbocycles. The zero-order valence-electron chi connectivity index (χ0n) is 71.6. The molecule has 0 saturated heterocycles. The first kappa shape index (κ1) is 107. The number of H-pyrrole nitrogens is 2. The van der Waals surface area contributed by atoms with E-state index in [1.807, 2.05) is 13.8 Å². The average molecular weight is 1830 g/mol. The van der Waals surface area contributed by atoms with Crippen LogP contribution in [0.3, 0.4) is 0 Å². The van der Waals surface area contributed by atoms with Gasteiger partial charge >= 0.3 is 5.97 Å². The molecule has 125 heavy (non-hydrogen) atoms. The minimum Gasteiger partial charge on any atom is -0.480 e. The van der Waals surface area contributed by atoms with Crippen LogP contribution in [0.5, 0.6) is 0 Å². The van der Waals surface area contributed by atoms with E-state index in [-0.39, 0.29) is 119 Å². The van der Waals surface area contributed by atoms with Crippen molar-refractivity contribution in [3.8, 4) is 0 Å². The van der Waals surface area contributed by atoms with Crippen LogP contribution in [-0.4, -0.2) is 279 Å². The number of nitrogens with one attached hydrogen (secondary N) is 15. The molecule has 45 heteroatoms. The third-order valence-corrected chi connectivity index (χ3v) is 21.9. The Kier molecular flexibility index (Phi) is 49.3. The molecule has 2 aromatic carbocycles. The molecule has 0 unspecified atom stereocenters. The van der Waals surface area contributed by atoms with Crippen LogP contribution in [0.1, 0.15) is 129 Å². The molecule has 14 atom stereocenters. The SMILES string of the molecule is CSCC[C@H](NC(=O)[C@H](Cc1c[nH]c2ccccc12)NC(=O)[C@H](CO)NC(=O)[C@H](CS)NC(=O)[C@H](CS)NC(=O)[C@H](CO)NC(=O)[C@H](Cc1c[nH]c2ccccc12)NC(=O)[C@H](CCSC)NC(=O)[C@H](CCCN=C(N)N)NC(=O)[C@H](CC(C)C)NC(=O)[C@@H](N)CCCCN)C(=O)N[C@@H](CCCN=C(N)N)C(=O)N[C@@H](CC(C)C)C(=O)N[C@@H](CCCCN)C(=O)O. The summed E-state index contributed by atoms with van der Waals surface area (Å²) < 4.78 is 0. The predicted molar refractivity (Wildman–Crippen MR) is 487 cm³/mol. The summed E-state index contributed by atoms with van der Waals surface area (Å²) in [5, 5.41) is 66.5. The first-order valence-electron chi connectivity index (χ1n) is 41.5. The molecule has 32 N–H and O–H groups in total. The molecule has 0 bridgehead atoms. The summed E-state index contributed by atoms with van der Waals surface area (Å²) >= 11 is 11.2. The molecule has 696 valence electrons. The number of rotatable bonds is 61. The summed E-state index contributed by atoms with van der Waals surface area (Å²) in [6.07, 6.45) is 8.90. The Balaban J connectivity index is 1.59. The average Bonchev–Trinajstić information content (AvgIpc) is 1.68. The quantitative estimate of drug-likeness (QED) is 0.00866. The van der Waals surface area contributed by atoms with Crippen LogP contribution in [-0.2, 0) is 80.0 Å². The number of hydrogen-bond donors (Lipinski definition) is 27. The zero-order valence-corrected chi connectivity index (χ0v) is 75.0. The van der Waals surface area contributed by atoms with E-state index < -0.39 is 192 Å². The van der Waals surface area contributed by atoms with Gasteiger partial charge in [0.15, 0.2) is 11.9 Å². The van der Waals surface area contributed by atoms with Gasteiger partial charge < -0.3 is 135 Å². The lowest BCUT2D eigenvalue weighted by atomic mass is 10.0. The van der Waals surface area contributed by atoms with E-state index in [2.05, 4.69) is 114 Å². The molecule has 13 amide bonds. The summed E-state index contributed by atoms with van der Waals surface area (Å²) in [4.78, 5) is 213. The van der Waals surface area contributed by atoms with Gasteiger partial charge in [-0.15, -0.1) is 0 Å². The highest BCUT2D eigenvalue weighted by molar-refractivity contribution is 7.98. The summed E-state index contributed by atoms with van der Waals surface area (Å²) in [6, 6.07) is -6.30. The van der Waals surface area contributed by atoms with Crippen LogP contribution < -0.4 is 109 Å². The number of nitrogens with zero attached hydrogens (tertiary/aromatic N) is 2. The van der Waals surface area contributed by atoms with Gasteiger partial charge in [0.05, 0.1) is 19.3 Å². The molecule has 41 nitrogen and oxygen atoms in total.